The average Bonchev–Trinajstić information content (AvgIpc) is 2.73. The molecule has 3 nitrogen and oxygen atoms in total. The molecule has 0 saturated heterocycles. The molecule has 0 radical (unpaired) electrons. The lowest BCUT2D eigenvalue weighted by Gasteiger charge is -2.29. The number of nitrogens with one attached hydrogen (secondary N) is 2. The summed E-state index contributed by atoms with van der Waals surface area (Å²) in [6.07, 6.45) is 4.09. The van der Waals surface area contributed by atoms with Crippen LogP contribution in [-0.4, -0.2) is 24.5 Å². The van der Waals surface area contributed by atoms with Gasteiger partial charge in [0, 0.05) is 23.9 Å². The molecule has 1 aromatic carbocycles. The molecule has 1 heterocycles. The van der Waals surface area contributed by atoms with Crippen molar-refractivity contribution in [1.29, 1.82) is 0 Å². The van der Waals surface area contributed by atoms with E-state index >= 15 is 0 Å². The first-order chi connectivity index (χ1) is 10.1. The van der Waals surface area contributed by atoms with E-state index < -0.39 is 0 Å². The maximum Gasteiger partial charge on any atom is 0.123 e. The molecule has 0 aliphatic carbocycles. The van der Waals surface area contributed by atoms with Crippen LogP contribution in [0.3, 0.4) is 0 Å². The Morgan fingerprint density at radius 1 is 1.24 bits per heavy atom. The highest BCUT2D eigenvalue weighted by Gasteiger charge is 2.20. The Morgan fingerprint density at radius 3 is 2.52 bits per heavy atom. The van der Waals surface area contributed by atoms with Gasteiger partial charge in [-0.05, 0) is 37.5 Å². The van der Waals surface area contributed by atoms with Gasteiger partial charge in [0.25, 0.3) is 0 Å². The van der Waals surface area contributed by atoms with Gasteiger partial charge < -0.3 is 10.6 Å². The molecule has 0 atom stereocenters. The van der Waals surface area contributed by atoms with Gasteiger partial charge in [-0.3, -0.25) is 4.99 Å². The second-order valence-corrected chi connectivity index (χ2v) is 5.65. The van der Waals surface area contributed by atoms with Crippen molar-refractivity contribution < 1.29 is 4.39 Å². The van der Waals surface area contributed by atoms with E-state index in [1.165, 1.54) is 12.1 Å². The smallest absolute Gasteiger partial charge is 0.123 e. The number of benzene rings is 1. The lowest BCUT2D eigenvalue weighted by molar-refractivity contribution is 0.389. The van der Waals surface area contributed by atoms with Gasteiger partial charge in [-0.25, -0.2) is 4.39 Å². The highest BCUT2D eigenvalue weighted by Crippen LogP contribution is 2.17. The highest BCUT2D eigenvalue weighted by atomic mass is 19.1. The van der Waals surface area contributed by atoms with Crippen molar-refractivity contribution in [3.05, 3.63) is 41.7 Å². The van der Waals surface area contributed by atoms with E-state index in [0.717, 1.165) is 43.0 Å². The zero-order chi connectivity index (χ0) is 15.3. The van der Waals surface area contributed by atoms with E-state index in [9.17, 15) is 4.39 Å². The van der Waals surface area contributed by atoms with E-state index in [-0.39, 0.29) is 11.4 Å². The quantitative estimate of drug-likeness (QED) is 0.892. The average molecular weight is 289 g/mol. The van der Waals surface area contributed by atoms with E-state index in [4.69, 9.17) is 0 Å². The van der Waals surface area contributed by atoms with Crippen molar-refractivity contribution in [1.82, 2.24) is 10.6 Å². The molecule has 0 saturated carbocycles. The topological polar surface area (TPSA) is 36.4 Å². The summed E-state index contributed by atoms with van der Waals surface area (Å²) in [7, 11) is 0. The fourth-order valence-corrected chi connectivity index (χ4v) is 2.23. The summed E-state index contributed by atoms with van der Waals surface area (Å²) in [5.74, 6) is 0.676. The molecule has 0 unspecified atom stereocenters. The largest absolute Gasteiger partial charge is 0.383 e. The first-order valence-corrected chi connectivity index (χ1v) is 7.60. The van der Waals surface area contributed by atoms with Gasteiger partial charge in [-0.15, -0.1) is 0 Å². The number of hydrogen-bond acceptors (Lipinski definition) is 3. The standard InChI is InChI=1S/C17H24FN3/c1-4-17(3,5-2)21-16-12-15(19-10-11-20-16)13-6-8-14(18)9-7-13/h6-9,12,19H,4-5,10-11H2,1-3H3,(H,20,21). The van der Waals surface area contributed by atoms with Crippen LogP contribution in [0.4, 0.5) is 4.39 Å². The van der Waals surface area contributed by atoms with Crippen LogP contribution in [0.1, 0.15) is 39.2 Å². The van der Waals surface area contributed by atoms with E-state index in [0.29, 0.717) is 0 Å². The van der Waals surface area contributed by atoms with Crippen molar-refractivity contribution in [2.75, 3.05) is 13.1 Å². The number of rotatable bonds is 4. The molecule has 0 spiro atoms. The number of amidine groups is 1. The van der Waals surface area contributed by atoms with Crippen molar-refractivity contribution in [3.8, 4) is 0 Å². The van der Waals surface area contributed by atoms with E-state index in [2.05, 4.69) is 36.4 Å². The molecular formula is C17H24FN3. The van der Waals surface area contributed by atoms with Gasteiger partial charge in [-0.2, -0.15) is 0 Å². The Morgan fingerprint density at radius 2 is 1.90 bits per heavy atom. The Kier molecular flexibility index (Phi) is 4.99. The van der Waals surface area contributed by atoms with Crippen LogP contribution < -0.4 is 10.6 Å². The first kappa shape index (κ1) is 15.5. The molecule has 0 fully saturated rings. The zero-order valence-corrected chi connectivity index (χ0v) is 13.0. The SMILES string of the molecule is CCC(C)(CC)NC1=NCCNC(c2ccc(F)cc2)=C1. The van der Waals surface area contributed by atoms with Crippen LogP contribution in [0.25, 0.3) is 5.70 Å². The van der Waals surface area contributed by atoms with Gasteiger partial charge in [-0.1, -0.05) is 26.0 Å². The summed E-state index contributed by atoms with van der Waals surface area (Å²) in [6.45, 7) is 8.07. The minimum absolute atomic E-state index is 0.0492. The minimum atomic E-state index is -0.218. The molecule has 21 heavy (non-hydrogen) atoms. The Bertz CT molecular complexity index is 527. The molecule has 1 aliphatic rings. The van der Waals surface area contributed by atoms with E-state index in [1.54, 1.807) is 12.1 Å². The van der Waals surface area contributed by atoms with Crippen molar-refractivity contribution in [2.24, 2.45) is 4.99 Å². The second kappa shape index (κ2) is 6.74. The second-order valence-electron chi connectivity index (χ2n) is 5.65. The summed E-state index contributed by atoms with van der Waals surface area (Å²) >= 11 is 0. The molecule has 1 aliphatic heterocycles. The fraction of sp³-hybridized carbons (Fsp3) is 0.471. The molecule has 2 N–H and O–H groups in total. The van der Waals surface area contributed by atoms with Gasteiger partial charge in [0.05, 0.1) is 6.54 Å². The van der Waals surface area contributed by atoms with Crippen LogP contribution in [0, 0.1) is 5.82 Å². The third-order valence-corrected chi connectivity index (χ3v) is 4.14. The summed E-state index contributed by atoms with van der Waals surface area (Å²) in [5, 5.41) is 6.90. The molecule has 0 amide bonds. The summed E-state index contributed by atoms with van der Waals surface area (Å²) in [5.41, 5.74) is 2.00. The molecular weight excluding hydrogens is 265 g/mol. The summed E-state index contributed by atoms with van der Waals surface area (Å²) in [4.78, 5) is 4.59. The number of nitrogens with zero attached hydrogens (tertiary/aromatic N) is 1. The number of halogens is 1. The molecule has 1 aromatic rings. The third-order valence-electron chi connectivity index (χ3n) is 4.14. The van der Waals surface area contributed by atoms with Gasteiger partial charge in [0.2, 0.25) is 0 Å². The zero-order valence-electron chi connectivity index (χ0n) is 13.0. The molecule has 114 valence electrons. The van der Waals surface area contributed by atoms with Crippen LogP contribution in [-0.2, 0) is 0 Å². The van der Waals surface area contributed by atoms with Crippen molar-refractivity contribution in [2.45, 2.75) is 39.2 Å². The van der Waals surface area contributed by atoms with Crippen molar-refractivity contribution >= 4 is 11.5 Å². The highest BCUT2D eigenvalue weighted by molar-refractivity contribution is 5.99. The van der Waals surface area contributed by atoms with Crippen LogP contribution in [0.2, 0.25) is 0 Å². The lowest BCUT2D eigenvalue weighted by Crippen LogP contribution is -2.44. The molecule has 2 rings (SSSR count). The maximum absolute atomic E-state index is 13.0. The van der Waals surface area contributed by atoms with E-state index in [1.807, 2.05) is 6.08 Å². The normalized spacial score (nSPS) is 15.6. The van der Waals surface area contributed by atoms with Gasteiger partial charge in [0.1, 0.15) is 11.7 Å². The molecule has 4 heteroatoms. The van der Waals surface area contributed by atoms with Crippen LogP contribution >= 0.6 is 0 Å². The predicted molar refractivity (Wildman–Crippen MR) is 86.8 cm³/mol. The van der Waals surface area contributed by atoms with Crippen LogP contribution in [0.15, 0.2) is 35.3 Å². The third kappa shape index (κ3) is 4.06. The van der Waals surface area contributed by atoms with Crippen LogP contribution in [0.5, 0.6) is 0 Å². The Labute approximate surface area is 126 Å². The summed E-state index contributed by atoms with van der Waals surface area (Å²) < 4.78 is 13.0. The fourth-order valence-electron chi connectivity index (χ4n) is 2.23. The first-order valence-electron chi connectivity index (χ1n) is 7.60. The van der Waals surface area contributed by atoms with Gasteiger partial charge >= 0.3 is 0 Å². The monoisotopic (exact) mass is 289 g/mol. The molecule has 0 aromatic heterocycles. The van der Waals surface area contributed by atoms with Crippen molar-refractivity contribution in [3.63, 3.8) is 0 Å². The predicted octanol–water partition coefficient (Wildman–Crippen LogP) is 3.34. The Balaban J connectivity index is 2.23. The van der Waals surface area contributed by atoms with Gasteiger partial charge in [0.15, 0.2) is 0 Å². The summed E-state index contributed by atoms with van der Waals surface area (Å²) in [6, 6.07) is 6.54. The Hall–Kier alpha value is -1.84. The number of aliphatic imine (C=N–C) groups is 1. The molecule has 0 bridgehead atoms. The minimum Gasteiger partial charge on any atom is -0.383 e. The lowest BCUT2D eigenvalue weighted by atomic mass is 9.95. The maximum atomic E-state index is 13.0. The number of hydrogen-bond donors (Lipinski definition) is 2.